The molecular formula is C13H15F2NO4. The molecule has 0 radical (unpaired) electrons. The van der Waals surface area contributed by atoms with Gasteiger partial charge in [-0.1, -0.05) is 6.07 Å². The zero-order valence-electron chi connectivity index (χ0n) is 11.1. The van der Waals surface area contributed by atoms with E-state index in [1.165, 1.54) is 18.2 Å². The van der Waals surface area contributed by atoms with Gasteiger partial charge in [-0.3, -0.25) is 4.79 Å². The lowest BCUT2D eigenvalue weighted by molar-refractivity contribution is -0.124. The van der Waals surface area contributed by atoms with Gasteiger partial charge in [-0.15, -0.1) is 0 Å². The third-order valence-corrected chi connectivity index (χ3v) is 2.08. The number of ether oxygens (including phenoxy) is 2. The number of halogens is 2. The molecule has 0 aromatic heterocycles. The largest absolute Gasteiger partial charge is 0.452 e. The predicted octanol–water partition coefficient (Wildman–Crippen LogP) is 1.97. The highest BCUT2D eigenvalue weighted by atomic mass is 19.3. The second-order valence-corrected chi connectivity index (χ2v) is 4.20. The number of amides is 1. The summed E-state index contributed by atoms with van der Waals surface area (Å²) in [5.41, 5.74) is 0.0282. The maximum atomic E-state index is 12.0. The maximum Gasteiger partial charge on any atom is 0.387 e. The first kappa shape index (κ1) is 15.9. The Morgan fingerprint density at radius 2 is 2.00 bits per heavy atom. The van der Waals surface area contributed by atoms with Gasteiger partial charge in [0.25, 0.3) is 5.91 Å². The van der Waals surface area contributed by atoms with E-state index in [1.54, 1.807) is 13.8 Å². The molecule has 1 aromatic rings. The molecule has 0 aliphatic rings. The number of carbonyl (C=O) groups excluding carboxylic acids is 2. The summed E-state index contributed by atoms with van der Waals surface area (Å²) in [5.74, 6) is -1.38. The first-order valence-electron chi connectivity index (χ1n) is 5.90. The molecule has 0 bridgehead atoms. The highest BCUT2D eigenvalue weighted by molar-refractivity contribution is 5.91. The van der Waals surface area contributed by atoms with Crippen LogP contribution in [-0.2, 0) is 9.53 Å². The number of alkyl halides is 2. The van der Waals surface area contributed by atoms with Crippen molar-refractivity contribution in [2.75, 3.05) is 6.61 Å². The van der Waals surface area contributed by atoms with Gasteiger partial charge >= 0.3 is 12.6 Å². The molecule has 0 atom stereocenters. The van der Waals surface area contributed by atoms with Gasteiger partial charge in [-0.2, -0.15) is 8.78 Å². The summed E-state index contributed by atoms with van der Waals surface area (Å²) in [7, 11) is 0. The van der Waals surface area contributed by atoms with E-state index in [0.29, 0.717) is 0 Å². The van der Waals surface area contributed by atoms with Gasteiger partial charge in [0.15, 0.2) is 6.61 Å². The summed E-state index contributed by atoms with van der Waals surface area (Å²) in [5, 5.41) is 2.55. The summed E-state index contributed by atoms with van der Waals surface area (Å²) in [4.78, 5) is 22.9. The quantitative estimate of drug-likeness (QED) is 0.812. The second kappa shape index (κ2) is 7.42. The molecule has 0 heterocycles. The zero-order chi connectivity index (χ0) is 15.1. The molecule has 0 unspecified atom stereocenters. The van der Waals surface area contributed by atoms with Gasteiger partial charge in [0.2, 0.25) is 0 Å². The van der Waals surface area contributed by atoms with Gasteiger partial charge in [0, 0.05) is 6.04 Å². The number of esters is 1. The first-order chi connectivity index (χ1) is 9.38. The lowest BCUT2D eigenvalue weighted by atomic mass is 10.2. The third kappa shape index (κ3) is 5.64. The summed E-state index contributed by atoms with van der Waals surface area (Å²) in [6.07, 6.45) is 0. The molecular weight excluding hydrogens is 272 g/mol. The predicted molar refractivity (Wildman–Crippen MR) is 66.6 cm³/mol. The van der Waals surface area contributed by atoms with E-state index in [0.717, 1.165) is 6.07 Å². The first-order valence-corrected chi connectivity index (χ1v) is 5.90. The van der Waals surface area contributed by atoms with Gasteiger partial charge < -0.3 is 14.8 Å². The number of hydrogen-bond donors (Lipinski definition) is 1. The number of nitrogens with one attached hydrogen (secondary N) is 1. The highest BCUT2D eigenvalue weighted by Gasteiger charge is 2.12. The van der Waals surface area contributed by atoms with E-state index in [2.05, 4.69) is 10.1 Å². The van der Waals surface area contributed by atoms with Crippen molar-refractivity contribution < 1.29 is 27.8 Å². The van der Waals surface area contributed by atoms with E-state index in [9.17, 15) is 18.4 Å². The van der Waals surface area contributed by atoms with Crippen molar-refractivity contribution in [3.63, 3.8) is 0 Å². The molecule has 0 aliphatic carbocycles. The average molecular weight is 287 g/mol. The summed E-state index contributed by atoms with van der Waals surface area (Å²) >= 11 is 0. The molecule has 110 valence electrons. The molecule has 0 saturated heterocycles. The number of rotatable bonds is 6. The van der Waals surface area contributed by atoms with Gasteiger partial charge in [-0.25, -0.2) is 4.79 Å². The number of carbonyl (C=O) groups is 2. The number of benzene rings is 1. The van der Waals surface area contributed by atoms with Gasteiger partial charge in [0.05, 0.1) is 5.56 Å². The molecule has 0 aliphatic heterocycles. The van der Waals surface area contributed by atoms with Crippen molar-refractivity contribution in [1.82, 2.24) is 5.32 Å². The van der Waals surface area contributed by atoms with Crippen LogP contribution in [0.4, 0.5) is 8.78 Å². The van der Waals surface area contributed by atoms with E-state index in [4.69, 9.17) is 4.74 Å². The minimum Gasteiger partial charge on any atom is -0.452 e. The van der Waals surface area contributed by atoms with Crippen molar-refractivity contribution in [2.45, 2.75) is 26.5 Å². The fourth-order valence-corrected chi connectivity index (χ4v) is 1.38. The summed E-state index contributed by atoms with van der Waals surface area (Å²) in [6, 6.07) is 5.09. The molecule has 20 heavy (non-hydrogen) atoms. The molecule has 0 saturated carbocycles. The Morgan fingerprint density at radius 3 is 2.60 bits per heavy atom. The van der Waals surface area contributed by atoms with Crippen molar-refractivity contribution in [1.29, 1.82) is 0 Å². The molecule has 1 aromatic carbocycles. The van der Waals surface area contributed by atoms with Gasteiger partial charge in [-0.05, 0) is 32.0 Å². The van der Waals surface area contributed by atoms with Crippen LogP contribution < -0.4 is 10.1 Å². The Morgan fingerprint density at radius 1 is 1.30 bits per heavy atom. The molecule has 1 amide bonds. The van der Waals surface area contributed by atoms with Crippen LogP contribution in [0.1, 0.15) is 24.2 Å². The van der Waals surface area contributed by atoms with Crippen molar-refractivity contribution in [3.8, 4) is 5.75 Å². The lowest BCUT2D eigenvalue weighted by Gasteiger charge is -2.09. The van der Waals surface area contributed by atoms with E-state index in [-0.39, 0.29) is 17.4 Å². The van der Waals surface area contributed by atoms with E-state index >= 15 is 0 Å². The highest BCUT2D eigenvalue weighted by Crippen LogP contribution is 2.16. The normalized spacial score (nSPS) is 10.5. The summed E-state index contributed by atoms with van der Waals surface area (Å²) in [6.45, 7) is 0.130. The van der Waals surface area contributed by atoms with Crippen LogP contribution in [0.15, 0.2) is 24.3 Å². The van der Waals surface area contributed by atoms with Crippen molar-refractivity contribution in [3.05, 3.63) is 29.8 Å². The molecule has 0 fully saturated rings. The van der Waals surface area contributed by atoms with E-state index in [1.807, 2.05) is 0 Å². The Balaban J connectivity index is 2.57. The fraction of sp³-hybridized carbons (Fsp3) is 0.385. The third-order valence-electron chi connectivity index (χ3n) is 2.08. The second-order valence-electron chi connectivity index (χ2n) is 4.20. The van der Waals surface area contributed by atoms with Crippen molar-refractivity contribution in [2.24, 2.45) is 0 Å². The van der Waals surface area contributed by atoms with Crippen LogP contribution in [0.5, 0.6) is 5.75 Å². The van der Waals surface area contributed by atoms with Gasteiger partial charge in [0.1, 0.15) is 5.75 Å². The molecule has 0 spiro atoms. The minimum absolute atomic E-state index is 0.0282. The molecule has 1 rings (SSSR count). The Kier molecular flexibility index (Phi) is 5.89. The molecule has 5 nitrogen and oxygen atoms in total. The molecule has 1 N–H and O–H groups in total. The standard InChI is InChI=1S/C13H15F2NO4/c1-8(2)16-11(17)7-19-12(18)9-4-3-5-10(6-9)20-13(14)15/h3-6,8,13H,7H2,1-2H3,(H,16,17). The smallest absolute Gasteiger partial charge is 0.387 e. The Labute approximate surface area is 114 Å². The Bertz CT molecular complexity index is 477. The zero-order valence-corrected chi connectivity index (χ0v) is 11.1. The molecule has 7 heteroatoms. The topological polar surface area (TPSA) is 64.6 Å². The van der Waals surface area contributed by atoms with Crippen LogP contribution in [0.25, 0.3) is 0 Å². The van der Waals surface area contributed by atoms with Crippen LogP contribution in [0, 0.1) is 0 Å². The number of hydrogen-bond acceptors (Lipinski definition) is 4. The monoisotopic (exact) mass is 287 g/mol. The average Bonchev–Trinajstić information content (AvgIpc) is 2.34. The van der Waals surface area contributed by atoms with Crippen LogP contribution in [0.2, 0.25) is 0 Å². The van der Waals surface area contributed by atoms with E-state index < -0.39 is 25.1 Å². The van der Waals surface area contributed by atoms with Crippen molar-refractivity contribution >= 4 is 11.9 Å². The maximum absolute atomic E-state index is 12.0. The van der Waals surface area contributed by atoms with Crippen LogP contribution in [-0.4, -0.2) is 31.1 Å². The lowest BCUT2D eigenvalue weighted by Crippen LogP contribution is -2.33. The minimum atomic E-state index is -2.97. The Hall–Kier alpha value is -2.18. The summed E-state index contributed by atoms with van der Waals surface area (Å²) < 4.78 is 33.0. The van der Waals surface area contributed by atoms with Crippen LogP contribution >= 0.6 is 0 Å². The van der Waals surface area contributed by atoms with Crippen LogP contribution in [0.3, 0.4) is 0 Å². The fourth-order valence-electron chi connectivity index (χ4n) is 1.38. The SMILES string of the molecule is CC(C)NC(=O)COC(=O)c1cccc(OC(F)F)c1.